The second kappa shape index (κ2) is 13.4. The molecule has 0 aromatic rings. The van der Waals surface area contributed by atoms with Crippen LogP contribution in [0.15, 0.2) is 24.0 Å². The Bertz CT molecular complexity index is 276. The Kier molecular flexibility index (Phi) is 12.6. The van der Waals surface area contributed by atoms with Crippen molar-refractivity contribution in [2.75, 3.05) is 6.54 Å². The molecular formula is C17H30N2. The fourth-order valence-corrected chi connectivity index (χ4v) is 2.45. The van der Waals surface area contributed by atoms with Crippen molar-refractivity contribution in [1.82, 2.24) is 0 Å². The van der Waals surface area contributed by atoms with E-state index in [1.165, 1.54) is 70.0 Å². The zero-order valence-electron chi connectivity index (χ0n) is 12.8. The summed E-state index contributed by atoms with van der Waals surface area (Å²) in [5.74, 6) is 0. The van der Waals surface area contributed by atoms with E-state index >= 15 is 0 Å². The van der Waals surface area contributed by atoms with Gasteiger partial charge in [0, 0.05) is 6.92 Å². The first-order chi connectivity index (χ1) is 9.34. The number of hydrogen-bond acceptors (Lipinski definition) is 1. The summed E-state index contributed by atoms with van der Waals surface area (Å²) in [6, 6.07) is 0. The van der Waals surface area contributed by atoms with Crippen molar-refractivity contribution in [3.8, 4) is 0 Å². The Morgan fingerprint density at radius 2 is 1.47 bits per heavy atom. The molecule has 1 atom stereocenters. The zero-order valence-corrected chi connectivity index (χ0v) is 12.8. The van der Waals surface area contributed by atoms with E-state index < -0.39 is 0 Å². The van der Waals surface area contributed by atoms with E-state index in [1.807, 2.05) is 0 Å². The van der Waals surface area contributed by atoms with Gasteiger partial charge in [0.05, 0.1) is 12.7 Å². The van der Waals surface area contributed by atoms with Gasteiger partial charge in [-0.05, 0) is 25.0 Å². The summed E-state index contributed by atoms with van der Waals surface area (Å²) in [5.41, 5.74) is 1.48. The fourth-order valence-electron chi connectivity index (χ4n) is 2.45. The van der Waals surface area contributed by atoms with Crippen LogP contribution in [0, 0.1) is 11.8 Å². The van der Waals surface area contributed by atoms with Crippen LogP contribution in [0.25, 0.3) is 0 Å². The Morgan fingerprint density at radius 3 is 1.95 bits per heavy atom. The summed E-state index contributed by atoms with van der Waals surface area (Å²) in [4.78, 5) is 1.56. The van der Waals surface area contributed by atoms with Crippen molar-refractivity contribution in [1.29, 1.82) is 5.26 Å². The van der Waals surface area contributed by atoms with E-state index in [0.29, 0.717) is 0 Å². The Hall–Kier alpha value is -1.07. The predicted octanol–water partition coefficient (Wildman–Crippen LogP) is 3.93. The predicted molar refractivity (Wildman–Crippen MR) is 80.9 cm³/mol. The van der Waals surface area contributed by atoms with Crippen molar-refractivity contribution in [2.45, 2.75) is 71.6 Å². The van der Waals surface area contributed by atoms with Gasteiger partial charge in [-0.25, -0.2) is 0 Å². The minimum Gasteiger partial charge on any atom is -0.512 e. The molecule has 1 heterocycles. The number of nitrogens with zero attached hydrogens (tertiary/aromatic N) is 1. The molecule has 0 aromatic carbocycles. The SMILES string of the molecule is CCCCCCCCCCC[NH+]1C=CC=C1C.[C-]#N. The molecule has 1 aliphatic rings. The maximum Gasteiger partial charge on any atom is 0.109 e. The quantitative estimate of drug-likeness (QED) is 0.469. The molecule has 108 valence electrons. The molecule has 1 aliphatic heterocycles. The van der Waals surface area contributed by atoms with Gasteiger partial charge in [-0.2, -0.15) is 0 Å². The molecule has 1 unspecified atom stereocenters. The molecule has 0 saturated heterocycles. The largest absolute Gasteiger partial charge is 0.512 e. The van der Waals surface area contributed by atoms with Gasteiger partial charge in [0.2, 0.25) is 0 Å². The molecule has 0 aromatic heterocycles. The van der Waals surface area contributed by atoms with E-state index in [0.717, 1.165) is 0 Å². The van der Waals surface area contributed by atoms with Gasteiger partial charge in [0.1, 0.15) is 5.70 Å². The van der Waals surface area contributed by atoms with E-state index in [2.05, 4.69) is 32.2 Å². The first kappa shape index (κ1) is 17.9. The third kappa shape index (κ3) is 9.50. The Balaban J connectivity index is 0.00000154. The van der Waals surface area contributed by atoms with E-state index in [4.69, 9.17) is 11.8 Å². The van der Waals surface area contributed by atoms with Crippen LogP contribution in [0.2, 0.25) is 0 Å². The third-order valence-corrected chi connectivity index (χ3v) is 3.70. The minimum absolute atomic E-state index is 1.29. The topological polar surface area (TPSA) is 28.2 Å². The number of unbranched alkanes of at least 4 members (excludes halogenated alkanes) is 8. The summed E-state index contributed by atoms with van der Waals surface area (Å²) in [6.07, 6.45) is 19.5. The van der Waals surface area contributed by atoms with Gasteiger partial charge < -0.3 is 11.8 Å². The standard InChI is InChI=1S/C16H29N.CN/c1-3-4-5-6-7-8-9-10-11-14-17-15-12-13-16(17)2;1-2/h12-13,15H,3-11,14H2,1-2H3;/q;-1/p+1. The first-order valence-corrected chi connectivity index (χ1v) is 7.78. The van der Waals surface area contributed by atoms with Crippen LogP contribution in [0.3, 0.4) is 0 Å². The second-order valence-electron chi connectivity index (χ2n) is 5.31. The fraction of sp³-hybridized carbons (Fsp3) is 0.706. The summed E-state index contributed by atoms with van der Waals surface area (Å²) >= 11 is 0. The average Bonchev–Trinajstić information content (AvgIpc) is 2.85. The molecule has 0 amide bonds. The lowest BCUT2D eigenvalue weighted by atomic mass is 10.1. The van der Waals surface area contributed by atoms with Gasteiger partial charge >= 0.3 is 0 Å². The maximum absolute atomic E-state index is 6.25. The highest BCUT2D eigenvalue weighted by Crippen LogP contribution is 2.09. The second-order valence-corrected chi connectivity index (χ2v) is 5.31. The van der Waals surface area contributed by atoms with Crippen molar-refractivity contribution < 1.29 is 4.90 Å². The van der Waals surface area contributed by atoms with Crippen LogP contribution in [-0.2, 0) is 0 Å². The molecule has 1 N–H and O–H groups in total. The van der Waals surface area contributed by atoms with E-state index in [1.54, 1.807) is 4.90 Å². The Labute approximate surface area is 119 Å². The molecule has 0 spiro atoms. The molecule has 2 nitrogen and oxygen atoms in total. The van der Waals surface area contributed by atoms with Crippen molar-refractivity contribution in [3.05, 3.63) is 30.6 Å². The van der Waals surface area contributed by atoms with Crippen molar-refractivity contribution in [2.24, 2.45) is 0 Å². The summed E-state index contributed by atoms with van der Waals surface area (Å²) < 4.78 is 0. The van der Waals surface area contributed by atoms with Gasteiger partial charge in [-0.3, -0.25) is 4.90 Å². The van der Waals surface area contributed by atoms with Gasteiger partial charge in [0.25, 0.3) is 0 Å². The third-order valence-electron chi connectivity index (χ3n) is 3.70. The maximum atomic E-state index is 6.25. The average molecular weight is 262 g/mol. The minimum atomic E-state index is 1.29. The van der Waals surface area contributed by atoms with Crippen LogP contribution in [0.4, 0.5) is 0 Å². The molecule has 0 radical (unpaired) electrons. The highest BCUT2D eigenvalue weighted by molar-refractivity contribution is 5.08. The lowest BCUT2D eigenvalue weighted by Crippen LogP contribution is -3.04. The summed E-state index contributed by atoms with van der Waals surface area (Å²) in [5, 5.41) is 6.25. The lowest BCUT2D eigenvalue weighted by molar-refractivity contribution is -0.802. The highest BCUT2D eigenvalue weighted by Gasteiger charge is 2.10. The molecule has 19 heavy (non-hydrogen) atoms. The number of quaternary nitrogens is 1. The smallest absolute Gasteiger partial charge is 0.109 e. The van der Waals surface area contributed by atoms with Crippen LogP contribution in [0.5, 0.6) is 0 Å². The van der Waals surface area contributed by atoms with E-state index in [-0.39, 0.29) is 0 Å². The number of nitrogens with one attached hydrogen (secondary N) is 1. The van der Waals surface area contributed by atoms with Crippen molar-refractivity contribution >= 4 is 0 Å². The van der Waals surface area contributed by atoms with Gasteiger partial charge in [0.15, 0.2) is 0 Å². The number of rotatable bonds is 10. The lowest BCUT2D eigenvalue weighted by Gasteiger charge is -2.10. The van der Waals surface area contributed by atoms with Crippen LogP contribution >= 0.6 is 0 Å². The summed E-state index contributed by atoms with van der Waals surface area (Å²) in [7, 11) is 0. The van der Waals surface area contributed by atoms with Gasteiger partial charge in [-0.1, -0.05) is 51.9 Å². The van der Waals surface area contributed by atoms with Crippen LogP contribution in [0.1, 0.15) is 71.6 Å². The molecule has 0 saturated carbocycles. The normalized spacial score (nSPS) is 16.8. The van der Waals surface area contributed by atoms with Gasteiger partial charge in [-0.15, -0.1) is 0 Å². The zero-order chi connectivity index (χ0) is 14.3. The van der Waals surface area contributed by atoms with Crippen LogP contribution in [-0.4, -0.2) is 6.54 Å². The molecular weight excluding hydrogens is 232 g/mol. The van der Waals surface area contributed by atoms with Crippen LogP contribution < -0.4 is 4.90 Å². The summed E-state index contributed by atoms with van der Waals surface area (Å²) in [6.45, 7) is 10.5. The molecule has 2 heteroatoms. The monoisotopic (exact) mass is 262 g/mol. The molecule has 0 bridgehead atoms. The van der Waals surface area contributed by atoms with E-state index in [9.17, 15) is 0 Å². The van der Waals surface area contributed by atoms with Crippen molar-refractivity contribution in [3.63, 3.8) is 0 Å². The molecule has 0 aliphatic carbocycles. The Morgan fingerprint density at radius 1 is 0.947 bits per heavy atom. The number of allylic oxidation sites excluding steroid dienone is 3. The highest BCUT2D eigenvalue weighted by atomic mass is 15.1. The molecule has 1 rings (SSSR count). The number of hydrogen-bond donors (Lipinski definition) is 1. The molecule has 0 fully saturated rings. The first-order valence-electron chi connectivity index (χ1n) is 7.78.